The molecule has 0 bridgehead atoms. The van der Waals surface area contributed by atoms with Crippen molar-refractivity contribution in [1.82, 2.24) is 10.2 Å². The van der Waals surface area contributed by atoms with E-state index in [1.807, 2.05) is 0 Å². The Balaban J connectivity index is 1.74. The average molecular weight is 214 g/mol. The first-order valence-corrected chi connectivity index (χ1v) is 5.57. The molecule has 2 rings (SSSR count). The maximum absolute atomic E-state index is 10.7. The van der Waals surface area contributed by atoms with Gasteiger partial charge in [0, 0.05) is 32.7 Å². The first-order valence-electron chi connectivity index (χ1n) is 5.57. The zero-order chi connectivity index (χ0) is 10.7. The van der Waals surface area contributed by atoms with E-state index in [0.717, 1.165) is 39.1 Å². The van der Waals surface area contributed by atoms with Gasteiger partial charge in [0.1, 0.15) is 0 Å². The number of carboxylic acid groups (broad SMARTS) is 1. The molecule has 2 saturated heterocycles. The van der Waals surface area contributed by atoms with Crippen LogP contribution in [0.1, 0.15) is 12.8 Å². The first-order chi connectivity index (χ1) is 7.25. The lowest BCUT2D eigenvalue weighted by Crippen LogP contribution is -2.46. The summed E-state index contributed by atoms with van der Waals surface area (Å²) in [6, 6.07) is 0. The van der Waals surface area contributed by atoms with Gasteiger partial charge in [0.25, 0.3) is 0 Å². The molecule has 0 unspecified atom stereocenters. The highest BCUT2D eigenvalue weighted by Crippen LogP contribution is 2.20. The molecule has 5 heteroatoms. The minimum absolute atomic E-state index is 0.115. The summed E-state index contributed by atoms with van der Waals surface area (Å²) in [4.78, 5) is 13.0. The number of ether oxygens (including phenoxy) is 1. The van der Waals surface area contributed by atoms with Crippen LogP contribution in [-0.4, -0.2) is 60.9 Å². The van der Waals surface area contributed by atoms with E-state index in [2.05, 4.69) is 10.2 Å². The molecule has 0 aromatic carbocycles. The van der Waals surface area contributed by atoms with Gasteiger partial charge >= 0.3 is 5.97 Å². The van der Waals surface area contributed by atoms with Crippen LogP contribution in [0.5, 0.6) is 0 Å². The standard InChI is InChI=1S/C10H18N2O3/c13-10(14)9-2-1-8(15-9)7-12-5-3-11-4-6-12/h8-9,11H,1-7H2,(H,13,14)/t8-,9+/m1/s1. The molecule has 0 aromatic rings. The van der Waals surface area contributed by atoms with Gasteiger partial charge in [0.15, 0.2) is 6.10 Å². The summed E-state index contributed by atoms with van der Waals surface area (Å²) in [5.74, 6) is -0.821. The van der Waals surface area contributed by atoms with Gasteiger partial charge < -0.3 is 15.2 Å². The number of aliphatic carboxylic acids is 1. The minimum Gasteiger partial charge on any atom is -0.479 e. The Morgan fingerprint density at radius 3 is 2.73 bits per heavy atom. The summed E-state index contributed by atoms with van der Waals surface area (Å²) >= 11 is 0. The number of piperazine rings is 1. The molecule has 0 spiro atoms. The van der Waals surface area contributed by atoms with Crippen molar-refractivity contribution < 1.29 is 14.6 Å². The molecule has 2 fully saturated rings. The number of nitrogens with one attached hydrogen (secondary N) is 1. The smallest absolute Gasteiger partial charge is 0.332 e. The van der Waals surface area contributed by atoms with Crippen LogP contribution in [0, 0.1) is 0 Å². The second-order valence-corrected chi connectivity index (χ2v) is 4.21. The number of hydrogen-bond acceptors (Lipinski definition) is 4. The number of carbonyl (C=O) groups is 1. The Hall–Kier alpha value is -0.650. The average Bonchev–Trinajstić information content (AvgIpc) is 2.68. The summed E-state index contributed by atoms with van der Waals surface area (Å²) in [5, 5.41) is 12.1. The predicted molar refractivity (Wildman–Crippen MR) is 54.8 cm³/mol. The molecule has 0 aromatic heterocycles. The molecular weight excluding hydrogens is 196 g/mol. The van der Waals surface area contributed by atoms with E-state index < -0.39 is 12.1 Å². The monoisotopic (exact) mass is 214 g/mol. The number of rotatable bonds is 3. The van der Waals surface area contributed by atoms with E-state index in [1.165, 1.54) is 0 Å². The second-order valence-electron chi connectivity index (χ2n) is 4.21. The van der Waals surface area contributed by atoms with Crippen molar-refractivity contribution in [2.75, 3.05) is 32.7 Å². The molecule has 86 valence electrons. The van der Waals surface area contributed by atoms with Crippen LogP contribution >= 0.6 is 0 Å². The third-order valence-electron chi connectivity index (χ3n) is 3.05. The maximum atomic E-state index is 10.7. The van der Waals surface area contributed by atoms with Crippen molar-refractivity contribution in [3.63, 3.8) is 0 Å². The number of nitrogens with zero attached hydrogens (tertiary/aromatic N) is 1. The summed E-state index contributed by atoms with van der Waals surface area (Å²) in [6.07, 6.45) is 1.08. The summed E-state index contributed by atoms with van der Waals surface area (Å²) in [5.41, 5.74) is 0. The molecule has 2 atom stereocenters. The van der Waals surface area contributed by atoms with Gasteiger partial charge in [0.05, 0.1) is 6.10 Å². The highest BCUT2D eigenvalue weighted by Gasteiger charge is 2.31. The van der Waals surface area contributed by atoms with E-state index >= 15 is 0 Å². The van der Waals surface area contributed by atoms with Gasteiger partial charge in [0.2, 0.25) is 0 Å². The van der Waals surface area contributed by atoms with Crippen molar-refractivity contribution >= 4 is 5.97 Å². The fourth-order valence-electron chi connectivity index (χ4n) is 2.20. The fourth-order valence-corrected chi connectivity index (χ4v) is 2.20. The van der Waals surface area contributed by atoms with Crippen LogP contribution in [0.15, 0.2) is 0 Å². The van der Waals surface area contributed by atoms with Crippen molar-refractivity contribution in [3.05, 3.63) is 0 Å². The normalized spacial score (nSPS) is 33.1. The summed E-state index contributed by atoms with van der Waals surface area (Å²) in [6.45, 7) is 5.00. The number of hydrogen-bond donors (Lipinski definition) is 2. The molecule has 2 heterocycles. The lowest BCUT2D eigenvalue weighted by atomic mass is 10.2. The van der Waals surface area contributed by atoms with Gasteiger partial charge in [-0.15, -0.1) is 0 Å². The van der Waals surface area contributed by atoms with Crippen LogP contribution in [0.4, 0.5) is 0 Å². The molecule has 0 saturated carbocycles. The van der Waals surface area contributed by atoms with E-state index in [-0.39, 0.29) is 6.10 Å². The Bertz CT molecular complexity index is 229. The summed E-state index contributed by atoms with van der Waals surface area (Å²) in [7, 11) is 0. The van der Waals surface area contributed by atoms with Crippen molar-refractivity contribution in [3.8, 4) is 0 Å². The van der Waals surface area contributed by atoms with Gasteiger partial charge in [-0.1, -0.05) is 0 Å². The topological polar surface area (TPSA) is 61.8 Å². The van der Waals surface area contributed by atoms with Crippen molar-refractivity contribution in [2.24, 2.45) is 0 Å². The largest absolute Gasteiger partial charge is 0.479 e. The summed E-state index contributed by atoms with van der Waals surface area (Å²) < 4.78 is 5.46. The second kappa shape index (κ2) is 4.92. The van der Waals surface area contributed by atoms with Crippen molar-refractivity contribution in [2.45, 2.75) is 25.0 Å². The molecule has 0 radical (unpaired) electrons. The fraction of sp³-hybridized carbons (Fsp3) is 0.900. The molecule has 2 aliphatic rings. The molecule has 2 N–H and O–H groups in total. The third-order valence-corrected chi connectivity index (χ3v) is 3.05. The van der Waals surface area contributed by atoms with Crippen molar-refractivity contribution in [1.29, 1.82) is 0 Å². The highest BCUT2D eigenvalue weighted by atomic mass is 16.5. The Morgan fingerprint density at radius 1 is 1.40 bits per heavy atom. The molecule has 15 heavy (non-hydrogen) atoms. The zero-order valence-corrected chi connectivity index (χ0v) is 8.82. The maximum Gasteiger partial charge on any atom is 0.332 e. The van der Waals surface area contributed by atoms with Crippen LogP contribution in [-0.2, 0) is 9.53 Å². The van der Waals surface area contributed by atoms with Gasteiger partial charge in [-0.2, -0.15) is 0 Å². The van der Waals surface area contributed by atoms with Gasteiger partial charge in [-0.25, -0.2) is 4.79 Å². The van der Waals surface area contributed by atoms with Crippen LogP contribution < -0.4 is 5.32 Å². The quantitative estimate of drug-likeness (QED) is 0.664. The van der Waals surface area contributed by atoms with Crippen LogP contribution in [0.3, 0.4) is 0 Å². The van der Waals surface area contributed by atoms with E-state index in [4.69, 9.17) is 9.84 Å². The molecule has 0 amide bonds. The molecule has 5 nitrogen and oxygen atoms in total. The minimum atomic E-state index is -0.821. The lowest BCUT2D eigenvalue weighted by molar-refractivity contribution is -0.149. The Kier molecular flexibility index (Phi) is 3.56. The SMILES string of the molecule is O=C(O)[C@@H]1CC[C@H](CN2CCNCC2)O1. The molecule has 0 aliphatic carbocycles. The first kappa shape index (κ1) is 10.9. The lowest BCUT2D eigenvalue weighted by Gasteiger charge is -2.29. The third kappa shape index (κ3) is 2.90. The Labute approximate surface area is 89.4 Å². The van der Waals surface area contributed by atoms with Crippen LogP contribution in [0.25, 0.3) is 0 Å². The van der Waals surface area contributed by atoms with Gasteiger partial charge in [-0.3, -0.25) is 4.90 Å². The highest BCUT2D eigenvalue weighted by molar-refractivity contribution is 5.72. The zero-order valence-electron chi connectivity index (χ0n) is 8.82. The number of carboxylic acids is 1. The Morgan fingerprint density at radius 2 is 2.13 bits per heavy atom. The van der Waals surface area contributed by atoms with Crippen LogP contribution in [0.2, 0.25) is 0 Å². The van der Waals surface area contributed by atoms with E-state index in [1.54, 1.807) is 0 Å². The molecular formula is C10H18N2O3. The van der Waals surface area contributed by atoms with E-state index in [0.29, 0.717) is 6.42 Å². The molecule has 2 aliphatic heterocycles. The van der Waals surface area contributed by atoms with E-state index in [9.17, 15) is 4.79 Å². The van der Waals surface area contributed by atoms with Gasteiger partial charge in [-0.05, 0) is 12.8 Å². The predicted octanol–water partition coefficient (Wildman–Crippen LogP) is -0.476.